The van der Waals surface area contributed by atoms with Crippen molar-refractivity contribution in [3.63, 3.8) is 0 Å². The predicted octanol–water partition coefficient (Wildman–Crippen LogP) is 3.72. The first-order chi connectivity index (χ1) is 8.13. The summed E-state index contributed by atoms with van der Waals surface area (Å²) in [6.45, 7) is 4.64. The molecule has 1 atom stereocenters. The number of hydrogen-bond acceptors (Lipinski definition) is 1. The summed E-state index contributed by atoms with van der Waals surface area (Å²) in [6.07, 6.45) is 3.29. The van der Waals surface area contributed by atoms with E-state index in [4.69, 9.17) is 0 Å². The molecule has 2 rings (SSSR count). The quantitative estimate of drug-likeness (QED) is 0.825. The third-order valence-corrected chi connectivity index (χ3v) is 3.32. The highest BCUT2D eigenvalue weighted by molar-refractivity contribution is 5.29. The van der Waals surface area contributed by atoms with Gasteiger partial charge in [-0.25, -0.2) is 8.78 Å². The van der Waals surface area contributed by atoms with Gasteiger partial charge in [-0.3, -0.25) is 0 Å². The van der Waals surface area contributed by atoms with E-state index in [1.165, 1.54) is 0 Å². The molecule has 0 bridgehead atoms. The molecule has 0 saturated heterocycles. The van der Waals surface area contributed by atoms with Gasteiger partial charge in [-0.05, 0) is 50.3 Å². The van der Waals surface area contributed by atoms with Crippen LogP contribution in [-0.2, 0) is 0 Å². The van der Waals surface area contributed by atoms with E-state index in [1.807, 2.05) is 0 Å². The highest BCUT2D eigenvalue weighted by Gasteiger charge is 2.33. The molecule has 0 aromatic heterocycles. The second kappa shape index (κ2) is 5.13. The molecule has 1 saturated carbocycles. The highest BCUT2D eigenvalue weighted by atomic mass is 19.1. The molecule has 0 heterocycles. The molecule has 17 heavy (non-hydrogen) atoms. The van der Waals surface area contributed by atoms with E-state index in [9.17, 15) is 8.78 Å². The van der Waals surface area contributed by atoms with E-state index in [2.05, 4.69) is 12.2 Å². The lowest BCUT2D eigenvalue weighted by Gasteiger charge is -2.19. The smallest absolute Gasteiger partial charge is 0.130 e. The predicted molar refractivity (Wildman–Crippen MR) is 64.9 cm³/mol. The maximum atomic E-state index is 13.8. The van der Waals surface area contributed by atoms with Crippen molar-refractivity contribution in [1.82, 2.24) is 5.32 Å². The Hall–Kier alpha value is -0.960. The molecule has 1 aliphatic rings. The van der Waals surface area contributed by atoms with Crippen molar-refractivity contribution in [2.45, 2.75) is 39.2 Å². The monoisotopic (exact) mass is 239 g/mol. The molecule has 1 N–H and O–H groups in total. The van der Waals surface area contributed by atoms with Gasteiger partial charge >= 0.3 is 0 Å². The number of hydrogen-bond donors (Lipinski definition) is 1. The summed E-state index contributed by atoms with van der Waals surface area (Å²) in [5.74, 6) is -0.370. The van der Waals surface area contributed by atoms with Crippen molar-refractivity contribution in [2.24, 2.45) is 5.92 Å². The summed E-state index contributed by atoms with van der Waals surface area (Å²) in [5, 5.41) is 3.37. The maximum absolute atomic E-state index is 13.8. The zero-order valence-corrected chi connectivity index (χ0v) is 10.4. The van der Waals surface area contributed by atoms with Gasteiger partial charge in [0.05, 0.1) is 0 Å². The fraction of sp³-hybridized carbons (Fsp3) is 0.571. The van der Waals surface area contributed by atoms with Crippen molar-refractivity contribution in [2.75, 3.05) is 6.54 Å². The van der Waals surface area contributed by atoms with Gasteiger partial charge in [0.1, 0.15) is 11.6 Å². The Balaban J connectivity index is 2.25. The molecular weight excluding hydrogens is 220 g/mol. The first-order valence-corrected chi connectivity index (χ1v) is 6.32. The van der Waals surface area contributed by atoms with E-state index >= 15 is 0 Å². The Morgan fingerprint density at radius 2 is 2.00 bits per heavy atom. The lowest BCUT2D eigenvalue weighted by Crippen LogP contribution is -2.25. The van der Waals surface area contributed by atoms with Crippen LogP contribution in [0.3, 0.4) is 0 Å². The standard InChI is InChI=1S/C14H19F2N/c1-3-6-17-14(10-4-5-10)11-7-9(2)12(15)8-13(11)16/h7-8,10,14,17H,3-6H2,1-2H3. The Morgan fingerprint density at radius 1 is 1.29 bits per heavy atom. The van der Waals surface area contributed by atoms with Crippen LogP contribution in [-0.4, -0.2) is 6.54 Å². The Bertz CT molecular complexity index is 399. The Morgan fingerprint density at radius 3 is 2.59 bits per heavy atom. The fourth-order valence-corrected chi connectivity index (χ4v) is 2.18. The number of aryl methyl sites for hydroxylation is 1. The number of nitrogens with one attached hydrogen (secondary N) is 1. The van der Waals surface area contributed by atoms with Crippen molar-refractivity contribution in [1.29, 1.82) is 0 Å². The maximum Gasteiger partial charge on any atom is 0.130 e. The van der Waals surface area contributed by atoms with Gasteiger partial charge in [-0.2, -0.15) is 0 Å². The minimum atomic E-state index is -0.462. The molecule has 0 aliphatic heterocycles. The molecule has 0 amide bonds. The van der Waals surface area contributed by atoms with Crippen LogP contribution in [0, 0.1) is 24.5 Å². The van der Waals surface area contributed by atoms with Crippen LogP contribution < -0.4 is 5.32 Å². The molecule has 1 aromatic carbocycles. The summed E-state index contributed by atoms with van der Waals surface area (Å²) in [4.78, 5) is 0. The van der Waals surface area contributed by atoms with Crippen LogP contribution >= 0.6 is 0 Å². The molecule has 1 fully saturated rings. The lowest BCUT2D eigenvalue weighted by atomic mass is 9.99. The molecule has 1 aromatic rings. The first kappa shape index (κ1) is 12.5. The van der Waals surface area contributed by atoms with Crippen LogP contribution in [0.2, 0.25) is 0 Å². The number of benzene rings is 1. The summed E-state index contributed by atoms with van der Waals surface area (Å²) in [6, 6.07) is 2.71. The van der Waals surface area contributed by atoms with Gasteiger partial charge in [-0.15, -0.1) is 0 Å². The fourth-order valence-electron chi connectivity index (χ4n) is 2.18. The van der Waals surface area contributed by atoms with E-state index in [1.54, 1.807) is 13.0 Å². The lowest BCUT2D eigenvalue weighted by molar-refractivity contribution is 0.453. The summed E-state index contributed by atoms with van der Waals surface area (Å²) >= 11 is 0. The topological polar surface area (TPSA) is 12.0 Å². The molecule has 0 radical (unpaired) electrons. The van der Waals surface area contributed by atoms with Gasteiger partial charge in [-0.1, -0.05) is 6.92 Å². The molecular formula is C14H19F2N. The second-order valence-electron chi connectivity index (χ2n) is 4.89. The van der Waals surface area contributed by atoms with Gasteiger partial charge < -0.3 is 5.32 Å². The van der Waals surface area contributed by atoms with E-state index < -0.39 is 11.6 Å². The molecule has 3 heteroatoms. The Kier molecular flexibility index (Phi) is 3.77. The largest absolute Gasteiger partial charge is 0.310 e. The van der Waals surface area contributed by atoms with Crippen molar-refractivity contribution in [3.8, 4) is 0 Å². The molecule has 0 spiro atoms. The second-order valence-corrected chi connectivity index (χ2v) is 4.89. The zero-order valence-electron chi connectivity index (χ0n) is 10.4. The summed E-state index contributed by atoms with van der Waals surface area (Å²) in [5.41, 5.74) is 1.14. The van der Waals surface area contributed by atoms with Crippen molar-refractivity contribution in [3.05, 3.63) is 34.9 Å². The molecule has 1 aliphatic carbocycles. The summed E-state index contributed by atoms with van der Waals surface area (Å²) < 4.78 is 27.0. The third-order valence-electron chi connectivity index (χ3n) is 3.32. The van der Waals surface area contributed by atoms with Gasteiger partial charge in [0, 0.05) is 17.7 Å². The zero-order chi connectivity index (χ0) is 12.4. The van der Waals surface area contributed by atoms with E-state index in [0.717, 1.165) is 31.9 Å². The normalized spacial score (nSPS) is 17.2. The van der Waals surface area contributed by atoms with E-state index in [-0.39, 0.29) is 6.04 Å². The minimum Gasteiger partial charge on any atom is -0.310 e. The minimum absolute atomic E-state index is 0.0502. The average Bonchev–Trinajstić information content (AvgIpc) is 3.10. The third kappa shape index (κ3) is 2.83. The summed E-state index contributed by atoms with van der Waals surface area (Å²) in [7, 11) is 0. The number of rotatable bonds is 5. The SMILES string of the molecule is CCCNC(c1cc(C)c(F)cc1F)C1CC1. The van der Waals surface area contributed by atoms with Crippen LogP contribution in [0.5, 0.6) is 0 Å². The number of halogens is 2. The Labute approximate surface area is 101 Å². The highest BCUT2D eigenvalue weighted by Crippen LogP contribution is 2.42. The molecule has 1 nitrogen and oxygen atoms in total. The van der Waals surface area contributed by atoms with Gasteiger partial charge in [0.25, 0.3) is 0 Å². The van der Waals surface area contributed by atoms with Crippen LogP contribution in [0.4, 0.5) is 8.78 Å². The van der Waals surface area contributed by atoms with Crippen LogP contribution in [0.25, 0.3) is 0 Å². The van der Waals surface area contributed by atoms with Crippen molar-refractivity contribution >= 4 is 0 Å². The van der Waals surface area contributed by atoms with Crippen LogP contribution in [0.1, 0.15) is 43.4 Å². The van der Waals surface area contributed by atoms with E-state index in [0.29, 0.717) is 17.0 Å². The van der Waals surface area contributed by atoms with Crippen molar-refractivity contribution < 1.29 is 8.78 Å². The molecule has 94 valence electrons. The average molecular weight is 239 g/mol. The molecule has 1 unspecified atom stereocenters. The first-order valence-electron chi connectivity index (χ1n) is 6.32. The van der Waals surface area contributed by atoms with Gasteiger partial charge in [0.15, 0.2) is 0 Å². The van der Waals surface area contributed by atoms with Gasteiger partial charge in [0.2, 0.25) is 0 Å². The van der Waals surface area contributed by atoms with Crippen LogP contribution in [0.15, 0.2) is 12.1 Å².